The van der Waals surface area contributed by atoms with Gasteiger partial charge in [0.05, 0.1) is 6.26 Å². The lowest BCUT2D eigenvalue weighted by molar-refractivity contribution is -0.104. The summed E-state index contributed by atoms with van der Waals surface area (Å²) in [5.41, 5.74) is 0. The van der Waals surface area contributed by atoms with Crippen molar-refractivity contribution in [3.8, 4) is 0 Å². The van der Waals surface area contributed by atoms with Crippen molar-refractivity contribution >= 4 is 6.29 Å². The monoisotopic (exact) mass is 98.0 g/mol. The normalized spacial score (nSPS) is 10.9. The van der Waals surface area contributed by atoms with Crippen LogP contribution in [0.2, 0.25) is 0 Å². The first-order chi connectivity index (χ1) is 3.41. The summed E-state index contributed by atoms with van der Waals surface area (Å²) in [6, 6.07) is 0. The smallest absolute Gasteiger partial charge is 0.142 e. The Balaban J connectivity index is 3.27. The van der Waals surface area contributed by atoms with E-state index in [-0.39, 0.29) is 0 Å². The number of rotatable bonds is 2. The van der Waals surface area contributed by atoms with Crippen molar-refractivity contribution in [1.82, 2.24) is 0 Å². The van der Waals surface area contributed by atoms with E-state index in [4.69, 9.17) is 5.11 Å². The van der Waals surface area contributed by atoms with E-state index < -0.39 is 0 Å². The van der Waals surface area contributed by atoms with E-state index >= 15 is 0 Å². The van der Waals surface area contributed by atoms with Crippen LogP contribution in [0.1, 0.15) is 0 Å². The fraction of sp³-hybridized carbons (Fsp3) is 0. The molecule has 0 aromatic carbocycles. The molecule has 2 heteroatoms. The van der Waals surface area contributed by atoms with Crippen LogP contribution in [0.4, 0.5) is 0 Å². The Kier molecular flexibility index (Phi) is 4.21. The van der Waals surface area contributed by atoms with Gasteiger partial charge in [-0.25, -0.2) is 0 Å². The van der Waals surface area contributed by atoms with Crippen LogP contribution < -0.4 is 0 Å². The minimum absolute atomic E-state index is 0.639. The van der Waals surface area contributed by atoms with Crippen LogP contribution in [-0.2, 0) is 4.79 Å². The molecule has 0 rings (SSSR count). The number of allylic oxidation sites excluding steroid dienone is 3. The largest absolute Gasteiger partial charge is 0.516 e. The molecule has 0 atom stereocenters. The minimum Gasteiger partial charge on any atom is -0.516 e. The van der Waals surface area contributed by atoms with Gasteiger partial charge in [0.15, 0.2) is 0 Å². The number of aliphatic hydroxyl groups is 1. The van der Waals surface area contributed by atoms with Crippen molar-refractivity contribution < 1.29 is 9.90 Å². The molecule has 0 aliphatic carbocycles. The molecule has 0 aromatic rings. The molecule has 0 radical (unpaired) electrons. The van der Waals surface area contributed by atoms with Gasteiger partial charge in [-0.05, 0) is 12.2 Å². The zero-order valence-electron chi connectivity index (χ0n) is 3.74. The van der Waals surface area contributed by atoms with E-state index in [0.717, 1.165) is 6.26 Å². The topological polar surface area (TPSA) is 37.3 Å². The fourth-order valence-corrected chi connectivity index (χ4v) is 0.159. The van der Waals surface area contributed by atoms with Gasteiger partial charge >= 0.3 is 0 Å². The lowest BCUT2D eigenvalue weighted by Gasteiger charge is -1.63. The molecule has 38 valence electrons. The molecule has 0 aliphatic rings. The third-order valence-electron chi connectivity index (χ3n) is 0.387. The average molecular weight is 98.1 g/mol. The highest BCUT2D eigenvalue weighted by atomic mass is 16.2. The van der Waals surface area contributed by atoms with Crippen LogP contribution in [0.25, 0.3) is 0 Å². The number of aldehydes is 1. The first kappa shape index (κ1) is 5.95. The maximum Gasteiger partial charge on any atom is 0.142 e. The first-order valence-electron chi connectivity index (χ1n) is 1.83. The molecule has 0 saturated carbocycles. The summed E-state index contributed by atoms with van der Waals surface area (Å²) < 4.78 is 0. The van der Waals surface area contributed by atoms with E-state index in [9.17, 15) is 4.79 Å². The molecule has 0 heterocycles. The van der Waals surface area contributed by atoms with Crippen LogP contribution in [-0.4, -0.2) is 11.4 Å². The van der Waals surface area contributed by atoms with Crippen molar-refractivity contribution in [2.24, 2.45) is 0 Å². The lowest BCUT2D eigenvalue weighted by Crippen LogP contribution is -1.55. The van der Waals surface area contributed by atoms with E-state index in [0.29, 0.717) is 6.29 Å². The highest BCUT2D eigenvalue weighted by Crippen LogP contribution is 1.68. The molecular weight excluding hydrogens is 92.1 g/mol. The maximum absolute atomic E-state index is 9.48. The Bertz CT molecular complexity index is 92.3. The fourth-order valence-electron chi connectivity index (χ4n) is 0.159. The van der Waals surface area contributed by atoms with Gasteiger partial charge in [0.1, 0.15) is 6.29 Å². The van der Waals surface area contributed by atoms with E-state index in [1.807, 2.05) is 0 Å². The van der Waals surface area contributed by atoms with E-state index in [1.54, 1.807) is 0 Å². The summed E-state index contributed by atoms with van der Waals surface area (Å²) in [6.07, 6.45) is 5.58. The van der Waals surface area contributed by atoms with Gasteiger partial charge in [-0.2, -0.15) is 0 Å². The summed E-state index contributed by atoms with van der Waals surface area (Å²) in [7, 11) is 0. The third-order valence-corrected chi connectivity index (χ3v) is 0.387. The summed E-state index contributed by atoms with van der Waals surface area (Å²) in [6.45, 7) is 0. The first-order valence-corrected chi connectivity index (χ1v) is 1.83. The zero-order valence-corrected chi connectivity index (χ0v) is 3.74. The SMILES string of the molecule is O=C/C=C/C=C/O. The Morgan fingerprint density at radius 2 is 1.86 bits per heavy atom. The third kappa shape index (κ3) is 4.95. The predicted molar refractivity (Wildman–Crippen MR) is 27.0 cm³/mol. The second kappa shape index (κ2) is 4.95. The molecular formula is C5H6O2. The van der Waals surface area contributed by atoms with Gasteiger partial charge in [0.25, 0.3) is 0 Å². The van der Waals surface area contributed by atoms with Gasteiger partial charge in [-0.3, -0.25) is 4.79 Å². The van der Waals surface area contributed by atoms with Crippen molar-refractivity contribution in [3.63, 3.8) is 0 Å². The second-order valence-electron chi connectivity index (χ2n) is 0.863. The Labute approximate surface area is 41.8 Å². The molecule has 0 unspecified atom stereocenters. The van der Waals surface area contributed by atoms with Crippen LogP contribution in [0.5, 0.6) is 0 Å². The van der Waals surface area contributed by atoms with Gasteiger partial charge in [-0.15, -0.1) is 0 Å². The number of carbonyl (C=O) groups is 1. The number of hydrogen-bond acceptors (Lipinski definition) is 2. The summed E-state index contributed by atoms with van der Waals surface area (Å²) in [4.78, 5) is 9.48. The Hall–Kier alpha value is -1.05. The lowest BCUT2D eigenvalue weighted by atomic mass is 10.5. The van der Waals surface area contributed by atoms with Gasteiger partial charge in [-0.1, -0.05) is 6.08 Å². The van der Waals surface area contributed by atoms with Gasteiger partial charge in [0, 0.05) is 0 Å². The Morgan fingerprint density at radius 3 is 2.29 bits per heavy atom. The van der Waals surface area contributed by atoms with Crippen LogP contribution in [0, 0.1) is 0 Å². The molecule has 0 bridgehead atoms. The molecule has 7 heavy (non-hydrogen) atoms. The highest BCUT2D eigenvalue weighted by molar-refractivity contribution is 5.65. The summed E-state index contributed by atoms with van der Waals surface area (Å²) >= 11 is 0. The predicted octanol–water partition coefficient (Wildman–Crippen LogP) is 0.813. The van der Waals surface area contributed by atoms with Crippen LogP contribution in [0.3, 0.4) is 0 Å². The molecule has 2 nitrogen and oxygen atoms in total. The molecule has 0 aliphatic heterocycles. The van der Waals surface area contributed by atoms with E-state index in [1.165, 1.54) is 18.2 Å². The van der Waals surface area contributed by atoms with E-state index in [2.05, 4.69) is 0 Å². The number of carbonyl (C=O) groups excluding carboxylic acids is 1. The molecule has 0 aromatic heterocycles. The van der Waals surface area contributed by atoms with Crippen LogP contribution in [0.15, 0.2) is 24.5 Å². The van der Waals surface area contributed by atoms with Crippen LogP contribution >= 0.6 is 0 Å². The second-order valence-corrected chi connectivity index (χ2v) is 0.863. The molecule has 0 saturated heterocycles. The van der Waals surface area contributed by atoms with Gasteiger partial charge in [0.2, 0.25) is 0 Å². The Morgan fingerprint density at radius 1 is 1.14 bits per heavy atom. The standard InChI is InChI=1S/C5H6O2/c6-4-2-1-3-5-7/h1-6H/b3-1+,4-2+. The zero-order chi connectivity index (χ0) is 5.54. The van der Waals surface area contributed by atoms with Crippen molar-refractivity contribution in [3.05, 3.63) is 24.5 Å². The highest BCUT2D eigenvalue weighted by Gasteiger charge is 1.56. The molecule has 0 amide bonds. The summed E-state index contributed by atoms with van der Waals surface area (Å²) in [5.74, 6) is 0. The number of hydrogen-bond donors (Lipinski definition) is 1. The number of aliphatic hydroxyl groups excluding tert-OH is 1. The average Bonchev–Trinajstić information content (AvgIpc) is 1.69. The molecule has 0 fully saturated rings. The summed E-state index contributed by atoms with van der Waals surface area (Å²) in [5, 5.41) is 7.95. The molecule has 0 spiro atoms. The van der Waals surface area contributed by atoms with Crippen molar-refractivity contribution in [2.45, 2.75) is 0 Å². The maximum atomic E-state index is 9.48. The van der Waals surface area contributed by atoms with Crippen molar-refractivity contribution in [1.29, 1.82) is 0 Å². The van der Waals surface area contributed by atoms with Crippen molar-refractivity contribution in [2.75, 3.05) is 0 Å². The quantitative estimate of drug-likeness (QED) is 0.240. The van der Waals surface area contributed by atoms with Gasteiger partial charge < -0.3 is 5.11 Å². The minimum atomic E-state index is 0.639. The molecule has 1 N–H and O–H groups in total.